The summed E-state index contributed by atoms with van der Waals surface area (Å²) in [5, 5.41) is 4.33. The van der Waals surface area contributed by atoms with E-state index in [1.165, 1.54) is 11.8 Å². The second kappa shape index (κ2) is 7.76. The number of carbonyl (C=O) groups is 1. The number of anilines is 1. The van der Waals surface area contributed by atoms with Crippen molar-refractivity contribution in [2.45, 2.75) is 19.0 Å². The third-order valence-electron chi connectivity index (χ3n) is 3.86. The average molecular weight is 372 g/mol. The predicted octanol–water partition coefficient (Wildman–Crippen LogP) is 4.87. The van der Waals surface area contributed by atoms with Crippen LogP contribution in [0.4, 0.5) is 5.69 Å². The maximum Gasteiger partial charge on any atom is 0.234 e. The molecule has 0 atom stereocenters. The summed E-state index contributed by atoms with van der Waals surface area (Å²) in [6.45, 7) is 3.94. The number of hydrogen-bond acceptors (Lipinski definition) is 3. The van der Waals surface area contributed by atoms with Crippen LogP contribution in [-0.2, 0) is 4.79 Å². The van der Waals surface area contributed by atoms with Gasteiger partial charge in [-0.25, -0.2) is 4.98 Å². The minimum atomic E-state index is -0.0882. The lowest BCUT2D eigenvalue weighted by molar-refractivity contribution is -0.113. The molecule has 0 aliphatic heterocycles. The molecule has 2 aromatic carbocycles. The van der Waals surface area contributed by atoms with E-state index in [9.17, 15) is 4.79 Å². The Hall–Kier alpha value is -2.24. The Bertz CT molecular complexity index is 907. The van der Waals surface area contributed by atoms with Crippen molar-refractivity contribution in [1.29, 1.82) is 0 Å². The van der Waals surface area contributed by atoms with Crippen molar-refractivity contribution < 1.29 is 4.79 Å². The summed E-state index contributed by atoms with van der Waals surface area (Å²) in [6.07, 6.45) is 3.65. The number of hydrogen-bond donors (Lipinski definition) is 1. The van der Waals surface area contributed by atoms with Gasteiger partial charge in [0.1, 0.15) is 0 Å². The molecule has 3 aromatic rings. The van der Waals surface area contributed by atoms with Crippen LogP contribution < -0.4 is 5.32 Å². The molecule has 6 heteroatoms. The van der Waals surface area contributed by atoms with Crippen LogP contribution in [0, 0.1) is 13.8 Å². The van der Waals surface area contributed by atoms with Crippen LogP contribution in [0.25, 0.3) is 5.69 Å². The van der Waals surface area contributed by atoms with E-state index in [1.807, 2.05) is 48.0 Å². The minimum absolute atomic E-state index is 0.0882. The standard InChI is InChI=1S/C19H18ClN3OS/c1-13-6-3-4-9-17(13)23-11-10-21-19(23)25-12-18(24)22-16-8-5-7-15(20)14(16)2/h3-11H,12H2,1-2H3,(H,22,24). The third kappa shape index (κ3) is 4.06. The number of para-hydroxylation sites is 1. The van der Waals surface area contributed by atoms with Gasteiger partial charge in [0.25, 0.3) is 0 Å². The molecule has 1 heterocycles. The van der Waals surface area contributed by atoms with E-state index >= 15 is 0 Å². The number of carbonyl (C=O) groups excluding carboxylic acids is 1. The van der Waals surface area contributed by atoms with E-state index in [-0.39, 0.29) is 11.7 Å². The molecule has 1 amide bonds. The van der Waals surface area contributed by atoms with Crippen LogP contribution in [0.1, 0.15) is 11.1 Å². The molecular formula is C19H18ClN3OS. The second-order valence-corrected chi connectivity index (χ2v) is 6.97. The smallest absolute Gasteiger partial charge is 0.234 e. The highest BCUT2D eigenvalue weighted by molar-refractivity contribution is 7.99. The van der Waals surface area contributed by atoms with E-state index in [1.54, 1.807) is 12.3 Å². The number of rotatable bonds is 5. The largest absolute Gasteiger partial charge is 0.325 e. The molecule has 0 fully saturated rings. The Morgan fingerprint density at radius 1 is 1.20 bits per heavy atom. The van der Waals surface area contributed by atoms with E-state index in [0.29, 0.717) is 5.02 Å². The Balaban J connectivity index is 1.69. The van der Waals surface area contributed by atoms with Gasteiger partial charge < -0.3 is 5.32 Å². The van der Waals surface area contributed by atoms with Crippen molar-refractivity contribution in [1.82, 2.24) is 9.55 Å². The van der Waals surface area contributed by atoms with Crippen LogP contribution in [0.3, 0.4) is 0 Å². The Labute approximate surface area is 156 Å². The number of imidazole rings is 1. The number of aromatic nitrogens is 2. The van der Waals surface area contributed by atoms with Gasteiger partial charge in [-0.15, -0.1) is 0 Å². The lowest BCUT2D eigenvalue weighted by Crippen LogP contribution is -2.15. The van der Waals surface area contributed by atoms with Crippen LogP contribution in [0.5, 0.6) is 0 Å². The van der Waals surface area contributed by atoms with Crippen molar-refractivity contribution in [2.75, 3.05) is 11.1 Å². The Morgan fingerprint density at radius 3 is 2.80 bits per heavy atom. The molecule has 0 aliphatic rings. The lowest BCUT2D eigenvalue weighted by Gasteiger charge is -2.11. The fourth-order valence-corrected chi connectivity index (χ4v) is 3.41. The van der Waals surface area contributed by atoms with Crippen LogP contribution in [0.2, 0.25) is 5.02 Å². The Morgan fingerprint density at radius 2 is 2.00 bits per heavy atom. The molecule has 0 spiro atoms. The molecule has 0 radical (unpaired) electrons. The maximum absolute atomic E-state index is 12.3. The van der Waals surface area contributed by atoms with Gasteiger partial charge in [-0.2, -0.15) is 0 Å². The molecule has 0 bridgehead atoms. The number of nitrogens with zero attached hydrogens (tertiary/aromatic N) is 2. The summed E-state index contributed by atoms with van der Waals surface area (Å²) in [4.78, 5) is 16.6. The zero-order chi connectivity index (χ0) is 17.8. The van der Waals surface area contributed by atoms with Crippen LogP contribution in [0.15, 0.2) is 60.0 Å². The summed E-state index contributed by atoms with van der Waals surface area (Å²) >= 11 is 7.49. The van der Waals surface area contributed by atoms with Gasteiger partial charge in [0.15, 0.2) is 5.16 Å². The van der Waals surface area contributed by atoms with E-state index in [4.69, 9.17) is 11.6 Å². The number of thioether (sulfide) groups is 1. The molecule has 0 unspecified atom stereocenters. The summed E-state index contributed by atoms with van der Waals surface area (Å²) in [7, 11) is 0. The zero-order valence-corrected chi connectivity index (χ0v) is 15.6. The number of benzene rings is 2. The molecule has 3 rings (SSSR count). The summed E-state index contributed by atoms with van der Waals surface area (Å²) in [6, 6.07) is 13.6. The first-order chi connectivity index (χ1) is 12.1. The lowest BCUT2D eigenvalue weighted by atomic mass is 10.2. The summed E-state index contributed by atoms with van der Waals surface area (Å²) in [5.74, 6) is 0.184. The number of nitrogens with one attached hydrogen (secondary N) is 1. The third-order valence-corrected chi connectivity index (χ3v) is 5.23. The van der Waals surface area contributed by atoms with Gasteiger partial charge in [0, 0.05) is 23.1 Å². The highest BCUT2D eigenvalue weighted by Crippen LogP contribution is 2.25. The first-order valence-electron chi connectivity index (χ1n) is 7.83. The van der Waals surface area contributed by atoms with Gasteiger partial charge in [0.2, 0.25) is 5.91 Å². The van der Waals surface area contributed by atoms with E-state index < -0.39 is 0 Å². The molecule has 0 aliphatic carbocycles. The number of amides is 1. The van der Waals surface area contributed by atoms with Crippen molar-refractivity contribution in [2.24, 2.45) is 0 Å². The topological polar surface area (TPSA) is 46.9 Å². The van der Waals surface area contributed by atoms with Crippen LogP contribution >= 0.6 is 23.4 Å². The van der Waals surface area contributed by atoms with Crippen molar-refractivity contribution in [3.8, 4) is 5.69 Å². The Kier molecular flexibility index (Phi) is 5.46. The monoisotopic (exact) mass is 371 g/mol. The van der Waals surface area contributed by atoms with Crippen molar-refractivity contribution in [3.63, 3.8) is 0 Å². The fourth-order valence-electron chi connectivity index (χ4n) is 2.47. The molecule has 1 N–H and O–H groups in total. The molecular weight excluding hydrogens is 354 g/mol. The first kappa shape index (κ1) is 17.6. The molecule has 4 nitrogen and oxygen atoms in total. The molecule has 0 saturated heterocycles. The van der Waals surface area contributed by atoms with Gasteiger partial charge in [-0.05, 0) is 43.2 Å². The van der Waals surface area contributed by atoms with Gasteiger partial charge in [0.05, 0.1) is 11.4 Å². The SMILES string of the molecule is Cc1ccccc1-n1ccnc1SCC(=O)Nc1cccc(Cl)c1C. The van der Waals surface area contributed by atoms with Crippen molar-refractivity contribution in [3.05, 3.63) is 71.0 Å². The van der Waals surface area contributed by atoms with E-state index in [0.717, 1.165) is 27.7 Å². The van der Waals surface area contributed by atoms with Gasteiger partial charge in [-0.1, -0.05) is 47.6 Å². The van der Waals surface area contributed by atoms with E-state index in [2.05, 4.69) is 23.3 Å². The highest BCUT2D eigenvalue weighted by atomic mass is 35.5. The minimum Gasteiger partial charge on any atom is -0.325 e. The quantitative estimate of drug-likeness (QED) is 0.650. The van der Waals surface area contributed by atoms with Crippen LogP contribution in [-0.4, -0.2) is 21.2 Å². The number of halogens is 1. The second-order valence-electron chi connectivity index (χ2n) is 5.62. The molecule has 1 aromatic heterocycles. The zero-order valence-electron chi connectivity index (χ0n) is 14.0. The average Bonchev–Trinajstić information content (AvgIpc) is 3.06. The summed E-state index contributed by atoms with van der Waals surface area (Å²) < 4.78 is 2.00. The van der Waals surface area contributed by atoms with Gasteiger partial charge in [-0.3, -0.25) is 9.36 Å². The maximum atomic E-state index is 12.3. The number of aryl methyl sites for hydroxylation is 1. The molecule has 25 heavy (non-hydrogen) atoms. The van der Waals surface area contributed by atoms with Gasteiger partial charge >= 0.3 is 0 Å². The van der Waals surface area contributed by atoms with Crippen molar-refractivity contribution >= 4 is 35.0 Å². The highest BCUT2D eigenvalue weighted by Gasteiger charge is 2.11. The molecule has 0 saturated carbocycles. The fraction of sp³-hybridized carbons (Fsp3) is 0.158. The predicted molar refractivity (Wildman–Crippen MR) is 104 cm³/mol. The molecule has 128 valence electrons. The summed E-state index contributed by atoms with van der Waals surface area (Å²) in [5.41, 5.74) is 3.82. The first-order valence-corrected chi connectivity index (χ1v) is 9.19. The normalized spacial score (nSPS) is 10.7.